The molecule has 1 aliphatic carbocycles. The van der Waals surface area contributed by atoms with Crippen LogP contribution in [0.15, 0.2) is 55.4 Å². The van der Waals surface area contributed by atoms with E-state index in [4.69, 9.17) is 4.74 Å². The molecule has 1 fully saturated rings. The van der Waals surface area contributed by atoms with Crippen LogP contribution in [0.5, 0.6) is 5.75 Å². The van der Waals surface area contributed by atoms with Gasteiger partial charge in [-0.1, -0.05) is 12.1 Å². The van der Waals surface area contributed by atoms with Gasteiger partial charge in [0, 0.05) is 6.20 Å². The highest BCUT2D eigenvalue weighted by atomic mass is 16.5. The first-order valence-corrected chi connectivity index (χ1v) is 9.07. The van der Waals surface area contributed by atoms with Gasteiger partial charge in [0.15, 0.2) is 0 Å². The molecule has 1 atom stereocenters. The number of carbonyl (C=O) groups excluding carboxylic acids is 1. The molecule has 1 aromatic carbocycles. The van der Waals surface area contributed by atoms with Crippen LogP contribution in [0, 0.1) is 5.92 Å². The number of pyridine rings is 1. The molecule has 28 heavy (non-hydrogen) atoms. The van der Waals surface area contributed by atoms with Gasteiger partial charge in [-0.3, -0.25) is 14.3 Å². The Morgan fingerprint density at radius 3 is 2.71 bits per heavy atom. The highest BCUT2D eigenvalue weighted by Crippen LogP contribution is 2.38. The Morgan fingerprint density at radius 2 is 2.00 bits per heavy atom. The number of aliphatic hydroxyl groups excluding tert-OH is 1. The molecule has 1 amide bonds. The Bertz CT molecular complexity index is 954. The van der Waals surface area contributed by atoms with E-state index in [1.807, 2.05) is 24.3 Å². The minimum atomic E-state index is -0.327. The van der Waals surface area contributed by atoms with Gasteiger partial charge in [-0.05, 0) is 42.5 Å². The maximum atomic E-state index is 13.1. The first kappa shape index (κ1) is 18.1. The molecule has 8 nitrogen and oxygen atoms in total. The monoisotopic (exact) mass is 379 g/mol. The number of methoxy groups -OCH3 is 1. The van der Waals surface area contributed by atoms with Gasteiger partial charge in [-0.2, -0.15) is 0 Å². The smallest absolute Gasteiger partial charge is 0.253 e. The minimum absolute atomic E-state index is 0.134. The van der Waals surface area contributed by atoms with Crippen LogP contribution in [0.1, 0.15) is 34.8 Å². The van der Waals surface area contributed by atoms with Crippen molar-refractivity contribution in [1.29, 1.82) is 0 Å². The summed E-state index contributed by atoms with van der Waals surface area (Å²) in [5.74, 6) is 0.551. The molecule has 1 saturated carbocycles. The number of benzene rings is 1. The fourth-order valence-corrected chi connectivity index (χ4v) is 3.53. The van der Waals surface area contributed by atoms with Gasteiger partial charge in [-0.15, -0.1) is 10.2 Å². The topological polar surface area (TPSA) is 102 Å². The molecule has 8 heteroatoms. The van der Waals surface area contributed by atoms with Gasteiger partial charge in [0.25, 0.3) is 5.91 Å². The predicted octanol–water partition coefficient (Wildman–Crippen LogP) is 1.91. The lowest BCUT2D eigenvalue weighted by Crippen LogP contribution is -2.41. The molecule has 0 spiro atoms. The number of aromatic nitrogens is 4. The highest BCUT2D eigenvalue weighted by Gasteiger charge is 2.36. The maximum absolute atomic E-state index is 13.1. The first-order valence-electron chi connectivity index (χ1n) is 9.07. The summed E-state index contributed by atoms with van der Waals surface area (Å²) in [6.07, 6.45) is 7.40. The van der Waals surface area contributed by atoms with Crippen LogP contribution >= 0.6 is 0 Å². The van der Waals surface area contributed by atoms with Crippen molar-refractivity contribution in [1.82, 2.24) is 25.1 Å². The molecule has 0 saturated heterocycles. The summed E-state index contributed by atoms with van der Waals surface area (Å²) in [6, 6.07) is 8.88. The van der Waals surface area contributed by atoms with Crippen molar-refractivity contribution >= 4 is 5.91 Å². The predicted molar refractivity (Wildman–Crippen MR) is 101 cm³/mol. The van der Waals surface area contributed by atoms with E-state index in [1.54, 1.807) is 42.8 Å². The standard InChI is InChI=1S/C20H21N5O3/c1-28-16-8-14(9-21-10-16)19(13-6-15(26)7-13)24-20(27)17-4-2-3-5-18(17)25-11-22-23-12-25/h2-5,8-13,15,19,26H,6-7H2,1H3,(H,24,27). The van der Waals surface area contributed by atoms with E-state index in [0.717, 1.165) is 5.56 Å². The molecule has 0 radical (unpaired) electrons. The van der Waals surface area contributed by atoms with Gasteiger partial charge in [0.05, 0.1) is 36.7 Å². The molecule has 0 aliphatic heterocycles. The number of hydrogen-bond acceptors (Lipinski definition) is 6. The Kier molecular flexibility index (Phi) is 5.03. The molecule has 2 heterocycles. The average molecular weight is 379 g/mol. The number of carbonyl (C=O) groups is 1. The summed E-state index contributed by atoms with van der Waals surface area (Å²) in [7, 11) is 1.58. The summed E-state index contributed by atoms with van der Waals surface area (Å²) >= 11 is 0. The lowest BCUT2D eigenvalue weighted by Gasteiger charge is -2.38. The molecule has 2 aromatic heterocycles. The van der Waals surface area contributed by atoms with Gasteiger partial charge in [0.2, 0.25) is 0 Å². The quantitative estimate of drug-likeness (QED) is 0.678. The second-order valence-electron chi connectivity index (χ2n) is 6.88. The number of ether oxygens (including phenoxy) is 1. The van der Waals surface area contributed by atoms with Crippen molar-refractivity contribution in [3.63, 3.8) is 0 Å². The number of nitrogens with one attached hydrogen (secondary N) is 1. The van der Waals surface area contributed by atoms with Crippen molar-refractivity contribution in [2.75, 3.05) is 7.11 Å². The molecule has 1 aliphatic rings. The first-order chi connectivity index (χ1) is 13.7. The maximum Gasteiger partial charge on any atom is 0.253 e. The van der Waals surface area contributed by atoms with Crippen LogP contribution in [0.3, 0.4) is 0 Å². The lowest BCUT2D eigenvalue weighted by atomic mass is 9.75. The Hall–Kier alpha value is -3.26. The summed E-state index contributed by atoms with van der Waals surface area (Å²) in [4.78, 5) is 17.4. The molecule has 3 aromatic rings. The third-order valence-electron chi connectivity index (χ3n) is 5.08. The van der Waals surface area contributed by atoms with Crippen molar-refractivity contribution in [3.05, 3.63) is 66.5 Å². The molecule has 1 unspecified atom stereocenters. The van der Waals surface area contributed by atoms with E-state index in [-0.39, 0.29) is 24.0 Å². The van der Waals surface area contributed by atoms with Gasteiger partial charge >= 0.3 is 0 Å². The third-order valence-corrected chi connectivity index (χ3v) is 5.08. The van der Waals surface area contributed by atoms with Gasteiger partial charge < -0.3 is 15.2 Å². The zero-order valence-corrected chi connectivity index (χ0v) is 15.4. The van der Waals surface area contributed by atoms with Crippen LogP contribution in [0.4, 0.5) is 0 Å². The number of amides is 1. The molecule has 2 N–H and O–H groups in total. The van der Waals surface area contributed by atoms with Crippen LogP contribution in [-0.4, -0.2) is 44.0 Å². The van der Waals surface area contributed by atoms with Crippen LogP contribution in [-0.2, 0) is 0 Å². The van der Waals surface area contributed by atoms with Crippen LogP contribution < -0.4 is 10.1 Å². The second kappa shape index (κ2) is 7.77. The average Bonchev–Trinajstić information content (AvgIpc) is 3.24. The van der Waals surface area contributed by atoms with E-state index in [1.165, 1.54) is 0 Å². The fourth-order valence-electron chi connectivity index (χ4n) is 3.53. The van der Waals surface area contributed by atoms with Crippen molar-refractivity contribution in [2.45, 2.75) is 25.0 Å². The lowest BCUT2D eigenvalue weighted by molar-refractivity contribution is 0.0234. The SMILES string of the molecule is COc1cncc(C(NC(=O)c2ccccc2-n2cnnc2)C2CC(O)C2)c1. The summed E-state index contributed by atoms with van der Waals surface area (Å²) in [6.45, 7) is 0. The summed E-state index contributed by atoms with van der Waals surface area (Å²) in [5, 5.41) is 20.5. The zero-order valence-electron chi connectivity index (χ0n) is 15.4. The molecular weight excluding hydrogens is 358 g/mol. The van der Waals surface area contributed by atoms with E-state index in [0.29, 0.717) is 29.8 Å². The minimum Gasteiger partial charge on any atom is -0.495 e. The number of aliphatic hydroxyl groups is 1. The largest absolute Gasteiger partial charge is 0.495 e. The zero-order chi connectivity index (χ0) is 19.5. The fraction of sp³-hybridized carbons (Fsp3) is 0.300. The summed E-state index contributed by atoms with van der Waals surface area (Å²) < 4.78 is 6.97. The number of para-hydroxylation sites is 1. The third kappa shape index (κ3) is 3.59. The van der Waals surface area contributed by atoms with E-state index >= 15 is 0 Å². The van der Waals surface area contributed by atoms with E-state index in [9.17, 15) is 9.90 Å². The number of rotatable bonds is 6. The van der Waals surface area contributed by atoms with Gasteiger partial charge in [0.1, 0.15) is 18.4 Å². The van der Waals surface area contributed by atoms with Crippen molar-refractivity contribution < 1.29 is 14.6 Å². The second-order valence-corrected chi connectivity index (χ2v) is 6.88. The molecule has 0 bridgehead atoms. The Labute approximate surface area is 162 Å². The van der Waals surface area contributed by atoms with E-state index < -0.39 is 0 Å². The molecule has 4 rings (SSSR count). The van der Waals surface area contributed by atoms with Gasteiger partial charge in [-0.25, -0.2) is 0 Å². The van der Waals surface area contributed by atoms with Crippen molar-refractivity contribution in [2.24, 2.45) is 5.92 Å². The number of hydrogen-bond donors (Lipinski definition) is 2. The van der Waals surface area contributed by atoms with E-state index in [2.05, 4.69) is 20.5 Å². The Balaban J connectivity index is 1.63. The van der Waals surface area contributed by atoms with Crippen LogP contribution in [0.25, 0.3) is 5.69 Å². The number of nitrogens with zero attached hydrogens (tertiary/aromatic N) is 4. The van der Waals surface area contributed by atoms with Crippen LogP contribution in [0.2, 0.25) is 0 Å². The van der Waals surface area contributed by atoms with Crippen molar-refractivity contribution in [3.8, 4) is 11.4 Å². The molecular formula is C20H21N5O3. The normalized spacial score (nSPS) is 19.5. The Morgan fingerprint density at radius 1 is 1.25 bits per heavy atom. The highest BCUT2D eigenvalue weighted by molar-refractivity contribution is 5.98. The summed E-state index contributed by atoms with van der Waals surface area (Å²) in [5.41, 5.74) is 2.07. The molecule has 144 valence electrons.